The lowest BCUT2D eigenvalue weighted by Gasteiger charge is -2.34. The summed E-state index contributed by atoms with van der Waals surface area (Å²) in [6.07, 6.45) is -0.660. The number of piperazine rings is 1. The summed E-state index contributed by atoms with van der Waals surface area (Å²) >= 11 is 0. The van der Waals surface area contributed by atoms with Crippen LogP contribution in [0.1, 0.15) is 12.8 Å². The molecule has 11 nitrogen and oxygen atoms in total. The van der Waals surface area contributed by atoms with Crippen LogP contribution in [-0.4, -0.2) is 78.0 Å². The van der Waals surface area contributed by atoms with E-state index in [4.69, 9.17) is 20.3 Å². The largest absolute Gasteiger partial charge is 0.493 e. The van der Waals surface area contributed by atoms with Gasteiger partial charge in [-0.1, -0.05) is 0 Å². The molecule has 1 fully saturated rings. The highest BCUT2D eigenvalue weighted by molar-refractivity contribution is 6.36. The Morgan fingerprint density at radius 3 is 2.27 bits per heavy atom. The van der Waals surface area contributed by atoms with Crippen molar-refractivity contribution in [3.8, 4) is 11.5 Å². The molecule has 1 aliphatic rings. The van der Waals surface area contributed by atoms with Crippen molar-refractivity contribution in [1.82, 2.24) is 14.9 Å². The topological polar surface area (TPSA) is 148 Å². The first-order chi connectivity index (χ1) is 14.3. The number of aliphatic carboxylic acids is 1. The van der Waals surface area contributed by atoms with Gasteiger partial charge in [0.15, 0.2) is 11.5 Å². The standard InChI is InChI=1S/C19H23N5O6/c1-29-14-9-11-12(10-15(14)30-2)21-19(22-17(11)20)24-7-5-23(6-8-24)18(28)13(25)3-4-16(26)27/h9-10H,3-8H2,1-2H3,(H,26,27)(H2,20,21,22). The number of ether oxygens (including phenoxy) is 2. The number of carbonyl (C=O) groups is 3. The molecular weight excluding hydrogens is 394 g/mol. The van der Waals surface area contributed by atoms with Crippen LogP contribution in [0.25, 0.3) is 10.9 Å². The number of carbonyl (C=O) groups excluding carboxylic acids is 2. The number of Topliss-reactive ketones (excluding diaryl/α,β-unsaturated/α-hetero) is 1. The monoisotopic (exact) mass is 417 g/mol. The zero-order valence-electron chi connectivity index (χ0n) is 16.8. The van der Waals surface area contributed by atoms with Gasteiger partial charge in [0.2, 0.25) is 11.7 Å². The first-order valence-corrected chi connectivity index (χ1v) is 9.32. The van der Waals surface area contributed by atoms with E-state index >= 15 is 0 Å². The molecule has 0 spiro atoms. The molecule has 0 atom stereocenters. The molecule has 2 aromatic rings. The molecule has 1 aromatic heterocycles. The van der Waals surface area contributed by atoms with Crippen molar-refractivity contribution < 1.29 is 29.0 Å². The number of hydrogen-bond acceptors (Lipinski definition) is 9. The average Bonchev–Trinajstić information content (AvgIpc) is 2.76. The number of ketones is 1. The maximum Gasteiger partial charge on any atom is 0.303 e. The third-order valence-electron chi connectivity index (χ3n) is 4.87. The predicted octanol–water partition coefficient (Wildman–Crippen LogP) is 0.312. The van der Waals surface area contributed by atoms with Crippen molar-refractivity contribution in [2.45, 2.75) is 12.8 Å². The van der Waals surface area contributed by atoms with Gasteiger partial charge in [0.1, 0.15) is 5.82 Å². The van der Waals surface area contributed by atoms with Crippen molar-refractivity contribution >= 4 is 40.3 Å². The van der Waals surface area contributed by atoms with E-state index in [2.05, 4.69) is 9.97 Å². The number of rotatable bonds is 7. The number of nitrogen functional groups attached to an aromatic ring is 1. The van der Waals surface area contributed by atoms with E-state index < -0.39 is 17.7 Å². The van der Waals surface area contributed by atoms with Gasteiger partial charge in [0.25, 0.3) is 5.91 Å². The van der Waals surface area contributed by atoms with Crippen molar-refractivity contribution in [2.24, 2.45) is 0 Å². The molecule has 3 N–H and O–H groups in total. The van der Waals surface area contributed by atoms with Gasteiger partial charge in [-0.3, -0.25) is 14.4 Å². The first-order valence-electron chi connectivity index (χ1n) is 9.32. The van der Waals surface area contributed by atoms with Crippen molar-refractivity contribution in [3.63, 3.8) is 0 Å². The second-order valence-electron chi connectivity index (χ2n) is 6.73. The minimum Gasteiger partial charge on any atom is -0.493 e. The number of anilines is 2. The summed E-state index contributed by atoms with van der Waals surface area (Å²) in [6.45, 7) is 1.42. The molecule has 2 heterocycles. The quantitative estimate of drug-likeness (QED) is 0.603. The first kappa shape index (κ1) is 21.1. The lowest BCUT2D eigenvalue weighted by atomic mass is 10.2. The molecule has 0 bridgehead atoms. The molecule has 0 radical (unpaired) electrons. The van der Waals surface area contributed by atoms with E-state index in [0.717, 1.165) is 0 Å². The Balaban J connectivity index is 1.73. The average molecular weight is 417 g/mol. The highest BCUT2D eigenvalue weighted by Gasteiger charge is 2.27. The van der Waals surface area contributed by atoms with E-state index in [1.54, 1.807) is 12.1 Å². The molecule has 1 aliphatic heterocycles. The fourth-order valence-corrected chi connectivity index (χ4v) is 3.22. The Kier molecular flexibility index (Phi) is 6.19. The summed E-state index contributed by atoms with van der Waals surface area (Å²) in [5.41, 5.74) is 6.72. The molecule has 11 heteroatoms. The third-order valence-corrected chi connectivity index (χ3v) is 4.87. The van der Waals surface area contributed by atoms with E-state index in [9.17, 15) is 14.4 Å². The summed E-state index contributed by atoms with van der Waals surface area (Å²) in [5.74, 6) is -0.724. The second kappa shape index (κ2) is 8.80. The summed E-state index contributed by atoms with van der Waals surface area (Å²) in [6, 6.07) is 3.43. The second-order valence-corrected chi connectivity index (χ2v) is 6.73. The fourth-order valence-electron chi connectivity index (χ4n) is 3.22. The van der Waals surface area contributed by atoms with Crippen LogP contribution in [0.15, 0.2) is 12.1 Å². The Morgan fingerprint density at radius 2 is 1.67 bits per heavy atom. The normalized spacial score (nSPS) is 13.9. The molecule has 30 heavy (non-hydrogen) atoms. The molecule has 3 rings (SSSR count). The minimum atomic E-state index is -1.11. The zero-order chi connectivity index (χ0) is 21.8. The number of amides is 1. The number of hydrogen-bond donors (Lipinski definition) is 2. The van der Waals surface area contributed by atoms with Crippen LogP contribution in [0.5, 0.6) is 11.5 Å². The van der Waals surface area contributed by atoms with Gasteiger partial charge in [-0.25, -0.2) is 4.98 Å². The van der Waals surface area contributed by atoms with Crippen molar-refractivity contribution in [3.05, 3.63) is 12.1 Å². The zero-order valence-corrected chi connectivity index (χ0v) is 16.8. The van der Waals surface area contributed by atoms with Gasteiger partial charge in [0, 0.05) is 44.1 Å². The molecule has 160 valence electrons. The molecular formula is C19H23N5O6. The molecule has 1 saturated heterocycles. The number of methoxy groups -OCH3 is 2. The van der Waals surface area contributed by atoms with Crippen LogP contribution in [0.2, 0.25) is 0 Å². The minimum absolute atomic E-state index is 0.290. The number of aromatic nitrogens is 2. The van der Waals surface area contributed by atoms with Gasteiger partial charge in [-0.15, -0.1) is 0 Å². The van der Waals surface area contributed by atoms with E-state index in [0.29, 0.717) is 60.3 Å². The summed E-state index contributed by atoms with van der Waals surface area (Å²) in [7, 11) is 3.06. The van der Waals surface area contributed by atoms with E-state index in [1.807, 2.05) is 4.90 Å². The molecule has 0 aliphatic carbocycles. The Labute approximate surface area is 172 Å². The van der Waals surface area contributed by atoms with Crippen LogP contribution in [0, 0.1) is 0 Å². The molecule has 0 unspecified atom stereocenters. The molecule has 0 saturated carbocycles. The molecule has 1 amide bonds. The predicted molar refractivity (Wildman–Crippen MR) is 108 cm³/mol. The Morgan fingerprint density at radius 1 is 1.03 bits per heavy atom. The Bertz CT molecular complexity index is 987. The SMILES string of the molecule is COc1cc2nc(N3CCN(C(=O)C(=O)CCC(=O)O)CC3)nc(N)c2cc1OC. The van der Waals surface area contributed by atoms with Gasteiger partial charge in [-0.05, 0) is 6.07 Å². The smallest absolute Gasteiger partial charge is 0.303 e. The van der Waals surface area contributed by atoms with E-state index in [1.165, 1.54) is 19.1 Å². The van der Waals surface area contributed by atoms with Crippen molar-refractivity contribution in [1.29, 1.82) is 0 Å². The lowest BCUT2D eigenvalue weighted by Crippen LogP contribution is -2.51. The fraction of sp³-hybridized carbons (Fsp3) is 0.421. The summed E-state index contributed by atoms with van der Waals surface area (Å²) in [4.78, 5) is 46.9. The van der Waals surface area contributed by atoms with Crippen LogP contribution < -0.4 is 20.1 Å². The van der Waals surface area contributed by atoms with Crippen molar-refractivity contribution in [2.75, 3.05) is 51.0 Å². The number of carboxylic acid groups (broad SMARTS) is 1. The van der Waals surface area contributed by atoms with Gasteiger partial charge < -0.3 is 30.1 Å². The van der Waals surface area contributed by atoms with Gasteiger partial charge in [0.05, 0.1) is 26.2 Å². The van der Waals surface area contributed by atoms with Gasteiger partial charge >= 0.3 is 5.97 Å². The number of nitrogens with two attached hydrogens (primary N) is 1. The third kappa shape index (κ3) is 4.34. The maximum absolute atomic E-state index is 12.2. The number of carboxylic acids is 1. The highest BCUT2D eigenvalue weighted by atomic mass is 16.5. The molecule has 1 aromatic carbocycles. The summed E-state index contributed by atoms with van der Waals surface area (Å²) < 4.78 is 10.6. The Hall–Kier alpha value is -3.63. The maximum atomic E-state index is 12.2. The van der Waals surface area contributed by atoms with Crippen LogP contribution >= 0.6 is 0 Å². The lowest BCUT2D eigenvalue weighted by molar-refractivity contribution is -0.146. The summed E-state index contributed by atoms with van der Waals surface area (Å²) in [5, 5.41) is 9.29. The number of fused-ring (bicyclic) bond motifs is 1. The number of benzene rings is 1. The number of nitrogens with zero attached hydrogens (tertiary/aromatic N) is 4. The highest BCUT2D eigenvalue weighted by Crippen LogP contribution is 2.34. The van der Waals surface area contributed by atoms with Crippen LogP contribution in [-0.2, 0) is 14.4 Å². The van der Waals surface area contributed by atoms with Gasteiger partial charge in [-0.2, -0.15) is 4.98 Å². The van der Waals surface area contributed by atoms with E-state index in [-0.39, 0.29) is 12.8 Å². The van der Waals surface area contributed by atoms with Crippen LogP contribution in [0.4, 0.5) is 11.8 Å². The van der Waals surface area contributed by atoms with Crippen LogP contribution in [0.3, 0.4) is 0 Å².